The number of unbranched alkanes of at least 4 members (excludes halogenated alkanes) is 18. The highest BCUT2D eigenvalue weighted by Gasteiger charge is 2.17. The molecule has 0 saturated carbocycles. The molecule has 332 valence electrons. The predicted molar refractivity (Wildman–Crippen MR) is 251 cm³/mol. The lowest BCUT2D eigenvalue weighted by Crippen LogP contribution is -2.30. The van der Waals surface area contributed by atoms with Crippen molar-refractivity contribution in [3.63, 3.8) is 0 Å². The maximum atomic E-state index is 12.7. The van der Waals surface area contributed by atoms with Crippen LogP contribution in [0.1, 0.15) is 213 Å². The standard InChI is InChI=1S/C53H90O5/c1-4-7-10-13-16-19-22-24-26-27-28-29-32-34-37-40-43-46-52(54)57-50-51(58-53(55)47-44-41-38-35-31-21-18-15-12-9-6-3)49-56-48-45-42-39-36-33-30-25-23-20-17-14-11-8-5-2/h7-8,10-11,15-20,24-26,30,51H,4-6,9,12-14,21-23,27-29,31-50H2,1-3H3/b10-7-,11-8-,18-15-,19-16-,20-17-,26-24-,30-25-. The third-order valence-electron chi connectivity index (χ3n) is 9.90. The molecule has 0 bridgehead atoms. The maximum Gasteiger partial charge on any atom is 0.306 e. The second-order valence-electron chi connectivity index (χ2n) is 15.6. The van der Waals surface area contributed by atoms with Gasteiger partial charge in [-0.2, -0.15) is 0 Å². The minimum absolute atomic E-state index is 0.0638. The fraction of sp³-hybridized carbons (Fsp3) is 0.698. The van der Waals surface area contributed by atoms with E-state index >= 15 is 0 Å². The van der Waals surface area contributed by atoms with Crippen molar-refractivity contribution in [3.8, 4) is 0 Å². The smallest absolute Gasteiger partial charge is 0.306 e. The number of hydrogen-bond acceptors (Lipinski definition) is 5. The second kappa shape index (κ2) is 48.4. The SMILES string of the molecule is CC/C=C\C/C=C\C/C=C\CCCCCCCCCC(=O)OCC(COCCCCCC/C=C\C/C=C\C/C=C\CC)OC(=O)CCCCCCC/C=C\CCCC. The minimum Gasteiger partial charge on any atom is -0.462 e. The lowest BCUT2D eigenvalue weighted by atomic mass is 10.1. The fourth-order valence-corrected chi connectivity index (χ4v) is 6.34. The van der Waals surface area contributed by atoms with Gasteiger partial charge in [-0.25, -0.2) is 0 Å². The van der Waals surface area contributed by atoms with Crippen LogP contribution < -0.4 is 0 Å². The summed E-state index contributed by atoms with van der Waals surface area (Å²) in [5, 5.41) is 0. The molecule has 0 aromatic carbocycles. The summed E-state index contributed by atoms with van der Waals surface area (Å²) in [6, 6.07) is 0. The highest BCUT2D eigenvalue weighted by molar-refractivity contribution is 5.70. The molecular formula is C53H90O5. The second-order valence-corrected chi connectivity index (χ2v) is 15.6. The quantitative estimate of drug-likeness (QED) is 0.0349. The van der Waals surface area contributed by atoms with E-state index in [2.05, 4.69) is 106 Å². The zero-order valence-corrected chi connectivity index (χ0v) is 38.0. The molecule has 0 aromatic rings. The van der Waals surface area contributed by atoms with Gasteiger partial charge >= 0.3 is 11.9 Å². The molecule has 5 heteroatoms. The molecule has 0 aromatic heterocycles. The van der Waals surface area contributed by atoms with Gasteiger partial charge in [-0.3, -0.25) is 9.59 Å². The molecule has 1 atom stereocenters. The maximum absolute atomic E-state index is 12.7. The first kappa shape index (κ1) is 55.1. The third-order valence-corrected chi connectivity index (χ3v) is 9.90. The molecule has 0 aliphatic heterocycles. The number of hydrogen-bond donors (Lipinski definition) is 0. The van der Waals surface area contributed by atoms with Gasteiger partial charge in [0.1, 0.15) is 6.61 Å². The van der Waals surface area contributed by atoms with Crippen LogP contribution in [0.25, 0.3) is 0 Å². The first-order valence-electron chi connectivity index (χ1n) is 24.1. The van der Waals surface area contributed by atoms with E-state index in [1.807, 2.05) is 0 Å². The summed E-state index contributed by atoms with van der Waals surface area (Å²) in [7, 11) is 0. The Hall–Kier alpha value is -2.92. The Balaban J connectivity index is 4.30. The van der Waals surface area contributed by atoms with Gasteiger partial charge in [0, 0.05) is 19.4 Å². The molecule has 0 saturated heterocycles. The van der Waals surface area contributed by atoms with Crippen LogP contribution >= 0.6 is 0 Å². The van der Waals surface area contributed by atoms with Crippen LogP contribution in [-0.2, 0) is 23.8 Å². The topological polar surface area (TPSA) is 61.8 Å². The molecule has 5 nitrogen and oxygen atoms in total. The van der Waals surface area contributed by atoms with Crippen molar-refractivity contribution in [1.82, 2.24) is 0 Å². The van der Waals surface area contributed by atoms with E-state index in [0.29, 0.717) is 19.4 Å². The molecule has 0 heterocycles. The zero-order valence-electron chi connectivity index (χ0n) is 38.0. The molecule has 0 amide bonds. The summed E-state index contributed by atoms with van der Waals surface area (Å²) in [6.45, 7) is 7.49. The molecule has 1 unspecified atom stereocenters. The summed E-state index contributed by atoms with van der Waals surface area (Å²) in [5.74, 6) is -0.436. The van der Waals surface area contributed by atoms with Crippen LogP contribution in [0.2, 0.25) is 0 Å². The largest absolute Gasteiger partial charge is 0.462 e. The van der Waals surface area contributed by atoms with Crippen LogP contribution in [0.3, 0.4) is 0 Å². The van der Waals surface area contributed by atoms with Crippen LogP contribution in [0.5, 0.6) is 0 Å². The van der Waals surface area contributed by atoms with Crippen molar-refractivity contribution in [2.75, 3.05) is 19.8 Å². The zero-order chi connectivity index (χ0) is 42.1. The van der Waals surface area contributed by atoms with Gasteiger partial charge in [-0.15, -0.1) is 0 Å². The van der Waals surface area contributed by atoms with Crippen molar-refractivity contribution in [2.24, 2.45) is 0 Å². The molecule has 0 aliphatic carbocycles. The fourth-order valence-electron chi connectivity index (χ4n) is 6.34. The van der Waals surface area contributed by atoms with Gasteiger partial charge in [0.2, 0.25) is 0 Å². The van der Waals surface area contributed by atoms with Gasteiger partial charge in [-0.1, -0.05) is 183 Å². The van der Waals surface area contributed by atoms with Crippen molar-refractivity contribution in [1.29, 1.82) is 0 Å². The number of esters is 2. The predicted octanol–water partition coefficient (Wildman–Crippen LogP) is 16.1. The average Bonchev–Trinajstić information content (AvgIpc) is 3.22. The number of rotatable bonds is 43. The summed E-state index contributed by atoms with van der Waals surface area (Å²) >= 11 is 0. The first-order valence-corrected chi connectivity index (χ1v) is 24.1. The van der Waals surface area contributed by atoms with E-state index in [0.717, 1.165) is 109 Å². The van der Waals surface area contributed by atoms with Gasteiger partial charge in [0.15, 0.2) is 6.10 Å². The van der Waals surface area contributed by atoms with E-state index in [4.69, 9.17) is 14.2 Å². The average molecular weight is 807 g/mol. The Bertz CT molecular complexity index is 1090. The molecule has 0 fully saturated rings. The van der Waals surface area contributed by atoms with E-state index in [1.165, 1.54) is 70.6 Å². The van der Waals surface area contributed by atoms with E-state index < -0.39 is 6.10 Å². The summed E-state index contributed by atoms with van der Waals surface area (Å²) in [4.78, 5) is 25.3. The Morgan fingerprint density at radius 2 is 0.776 bits per heavy atom. The summed E-state index contributed by atoms with van der Waals surface area (Å²) in [5.41, 5.74) is 0. The lowest BCUT2D eigenvalue weighted by molar-refractivity contribution is -0.163. The van der Waals surface area contributed by atoms with Crippen LogP contribution in [0.4, 0.5) is 0 Å². The van der Waals surface area contributed by atoms with Gasteiger partial charge in [0.25, 0.3) is 0 Å². The number of carbonyl (C=O) groups is 2. The van der Waals surface area contributed by atoms with Crippen molar-refractivity contribution in [2.45, 2.75) is 219 Å². The van der Waals surface area contributed by atoms with E-state index in [9.17, 15) is 9.59 Å². The Labute approximate surface area is 359 Å². The number of allylic oxidation sites excluding steroid dienone is 14. The lowest BCUT2D eigenvalue weighted by Gasteiger charge is -2.18. The van der Waals surface area contributed by atoms with Crippen molar-refractivity contribution >= 4 is 11.9 Å². The Kier molecular flexibility index (Phi) is 46.0. The molecule has 0 radical (unpaired) electrons. The van der Waals surface area contributed by atoms with Crippen LogP contribution in [0, 0.1) is 0 Å². The van der Waals surface area contributed by atoms with Gasteiger partial charge in [-0.05, 0) is 103 Å². The van der Waals surface area contributed by atoms with E-state index in [1.54, 1.807) is 0 Å². The van der Waals surface area contributed by atoms with Gasteiger partial charge in [0.05, 0.1) is 6.61 Å². The highest BCUT2D eigenvalue weighted by atomic mass is 16.6. The molecule has 0 spiro atoms. The molecule has 0 aliphatic rings. The highest BCUT2D eigenvalue weighted by Crippen LogP contribution is 2.13. The molecule has 58 heavy (non-hydrogen) atoms. The number of ether oxygens (including phenoxy) is 3. The molecule has 0 rings (SSSR count). The van der Waals surface area contributed by atoms with E-state index in [-0.39, 0.29) is 25.2 Å². The number of carbonyl (C=O) groups excluding carboxylic acids is 2. The Morgan fingerprint density at radius 3 is 1.26 bits per heavy atom. The van der Waals surface area contributed by atoms with Crippen molar-refractivity contribution < 1.29 is 23.8 Å². The Morgan fingerprint density at radius 1 is 0.397 bits per heavy atom. The normalized spacial score (nSPS) is 12.9. The minimum atomic E-state index is -0.558. The molecule has 0 N–H and O–H groups in total. The summed E-state index contributed by atoms with van der Waals surface area (Å²) in [6.07, 6.45) is 63.0. The van der Waals surface area contributed by atoms with Gasteiger partial charge < -0.3 is 14.2 Å². The van der Waals surface area contributed by atoms with Crippen molar-refractivity contribution in [3.05, 3.63) is 85.1 Å². The van der Waals surface area contributed by atoms with Crippen LogP contribution in [-0.4, -0.2) is 37.9 Å². The third kappa shape index (κ3) is 45.8. The molecular weight excluding hydrogens is 717 g/mol. The first-order chi connectivity index (χ1) is 28.6. The summed E-state index contributed by atoms with van der Waals surface area (Å²) < 4.78 is 17.3. The van der Waals surface area contributed by atoms with Crippen LogP contribution in [0.15, 0.2) is 85.1 Å². The monoisotopic (exact) mass is 807 g/mol.